The van der Waals surface area contributed by atoms with Crippen LogP contribution in [0.5, 0.6) is 5.75 Å². The van der Waals surface area contributed by atoms with Crippen LogP contribution >= 0.6 is 0 Å². The van der Waals surface area contributed by atoms with Crippen molar-refractivity contribution in [2.24, 2.45) is 5.73 Å². The molecule has 0 saturated carbocycles. The normalized spacial score (nSPS) is 19.1. The van der Waals surface area contributed by atoms with Crippen LogP contribution < -0.4 is 15.4 Å². The first-order valence-corrected chi connectivity index (χ1v) is 7.60. The van der Waals surface area contributed by atoms with Crippen LogP contribution in [0.1, 0.15) is 26.7 Å². The van der Waals surface area contributed by atoms with Crippen LogP contribution in [0.15, 0.2) is 18.2 Å². The van der Waals surface area contributed by atoms with Crippen molar-refractivity contribution in [2.75, 3.05) is 31.2 Å². The summed E-state index contributed by atoms with van der Waals surface area (Å²) in [5.41, 5.74) is 6.55. The first-order valence-electron chi connectivity index (χ1n) is 7.60. The number of anilines is 1. The lowest BCUT2D eigenvalue weighted by molar-refractivity contribution is 0.0552. The van der Waals surface area contributed by atoms with Gasteiger partial charge in [0.25, 0.3) is 0 Å². The molecule has 1 aromatic rings. The number of nitrogens with zero attached hydrogens (tertiary/aromatic N) is 1. The molecule has 0 aliphatic carbocycles. The van der Waals surface area contributed by atoms with Gasteiger partial charge in [-0.15, -0.1) is 0 Å². The minimum atomic E-state index is -0.258. The highest BCUT2D eigenvalue weighted by molar-refractivity contribution is 5.51. The maximum Gasteiger partial charge on any atom is 0.150 e. The first kappa shape index (κ1) is 16.0. The molecular formula is C16H25FN2O2. The van der Waals surface area contributed by atoms with E-state index in [0.717, 1.165) is 19.4 Å². The van der Waals surface area contributed by atoms with Crippen molar-refractivity contribution >= 4 is 5.69 Å². The Morgan fingerprint density at radius 1 is 1.38 bits per heavy atom. The highest BCUT2D eigenvalue weighted by atomic mass is 19.1. The molecule has 1 aromatic carbocycles. The van der Waals surface area contributed by atoms with Gasteiger partial charge >= 0.3 is 0 Å². The van der Waals surface area contributed by atoms with Crippen molar-refractivity contribution in [2.45, 2.75) is 38.8 Å². The number of piperidine rings is 1. The molecule has 0 spiro atoms. The SMILES string of the molecule is CC(C)OCCOc1ccc(N2CCCC(N)C2)c(F)c1. The second kappa shape index (κ2) is 7.61. The van der Waals surface area contributed by atoms with E-state index in [1.54, 1.807) is 12.1 Å². The van der Waals surface area contributed by atoms with E-state index in [0.29, 0.717) is 31.2 Å². The lowest BCUT2D eigenvalue weighted by Gasteiger charge is -2.32. The fraction of sp³-hybridized carbons (Fsp3) is 0.625. The van der Waals surface area contributed by atoms with Gasteiger partial charge in [0.2, 0.25) is 0 Å². The number of ether oxygens (including phenoxy) is 2. The van der Waals surface area contributed by atoms with Gasteiger partial charge in [-0.05, 0) is 38.8 Å². The number of rotatable bonds is 6. The molecule has 118 valence electrons. The highest BCUT2D eigenvalue weighted by Crippen LogP contribution is 2.26. The van der Waals surface area contributed by atoms with Crippen LogP contribution in [-0.4, -0.2) is 38.4 Å². The molecule has 21 heavy (non-hydrogen) atoms. The standard InChI is InChI=1S/C16H25FN2O2/c1-12(2)20-8-9-21-14-5-6-16(15(17)10-14)19-7-3-4-13(18)11-19/h5-6,10,12-13H,3-4,7-9,11,18H2,1-2H3. The summed E-state index contributed by atoms with van der Waals surface area (Å²) in [6.07, 6.45) is 2.19. The summed E-state index contributed by atoms with van der Waals surface area (Å²) >= 11 is 0. The number of hydrogen-bond donors (Lipinski definition) is 1. The van der Waals surface area contributed by atoms with Crippen molar-refractivity contribution in [1.82, 2.24) is 0 Å². The van der Waals surface area contributed by atoms with Gasteiger partial charge in [0.15, 0.2) is 0 Å². The molecule has 5 heteroatoms. The Labute approximate surface area is 126 Å². The molecule has 1 aliphatic rings. The molecule has 2 N–H and O–H groups in total. The van der Waals surface area contributed by atoms with Gasteiger partial charge in [-0.1, -0.05) is 0 Å². The molecule has 2 rings (SSSR count). The van der Waals surface area contributed by atoms with Gasteiger partial charge in [-0.25, -0.2) is 4.39 Å². The molecule has 0 bridgehead atoms. The number of hydrogen-bond acceptors (Lipinski definition) is 4. The van der Waals surface area contributed by atoms with Gasteiger partial charge in [0.1, 0.15) is 18.2 Å². The average Bonchev–Trinajstić information content (AvgIpc) is 2.43. The van der Waals surface area contributed by atoms with Crippen LogP contribution in [0.2, 0.25) is 0 Å². The monoisotopic (exact) mass is 296 g/mol. The molecule has 1 heterocycles. The highest BCUT2D eigenvalue weighted by Gasteiger charge is 2.19. The third-order valence-electron chi connectivity index (χ3n) is 3.52. The predicted molar refractivity (Wildman–Crippen MR) is 82.4 cm³/mol. The Hall–Kier alpha value is -1.33. The van der Waals surface area contributed by atoms with Crippen LogP contribution in [0.3, 0.4) is 0 Å². The lowest BCUT2D eigenvalue weighted by Crippen LogP contribution is -2.43. The number of nitrogens with two attached hydrogens (primary N) is 1. The maximum absolute atomic E-state index is 14.2. The van der Waals surface area contributed by atoms with Gasteiger partial charge in [-0.3, -0.25) is 0 Å². The van der Waals surface area contributed by atoms with Crippen LogP contribution in [0, 0.1) is 5.82 Å². The van der Waals surface area contributed by atoms with E-state index < -0.39 is 0 Å². The molecule has 1 fully saturated rings. The van der Waals surface area contributed by atoms with Crippen molar-refractivity contribution in [3.8, 4) is 5.75 Å². The molecule has 1 atom stereocenters. The topological polar surface area (TPSA) is 47.7 Å². The van der Waals surface area contributed by atoms with Crippen LogP contribution in [0.25, 0.3) is 0 Å². The summed E-state index contributed by atoms with van der Waals surface area (Å²) in [5, 5.41) is 0. The zero-order chi connectivity index (χ0) is 15.2. The second-order valence-corrected chi connectivity index (χ2v) is 5.73. The quantitative estimate of drug-likeness (QED) is 0.820. The van der Waals surface area contributed by atoms with E-state index in [1.165, 1.54) is 6.07 Å². The summed E-state index contributed by atoms with van der Waals surface area (Å²) in [6, 6.07) is 5.13. The van der Waals surface area contributed by atoms with Gasteiger partial charge in [0, 0.05) is 25.2 Å². The van der Waals surface area contributed by atoms with Gasteiger partial charge in [0.05, 0.1) is 18.4 Å². The number of benzene rings is 1. The molecule has 1 unspecified atom stereocenters. The fourth-order valence-electron chi connectivity index (χ4n) is 2.51. The Bertz CT molecular complexity index is 454. The van der Waals surface area contributed by atoms with E-state index in [4.69, 9.17) is 15.2 Å². The minimum Gasteiger partial charge on any atom is -0.491 e. The fourth-order valence-corrected chi connectivity index (χ4v) is 2.51. The molecule has 0 amide bonds. The van der Waals surface area contributed by atoms with Gasteiger partial charge < -0.3 is 20.1 Å². The summed E-state index contributed by atoms with van der Waals surface area (Å²) in [4.78, 5) is 2.01. The lowest BCUT2D eigenvalue weighted by atomic mass is 10.1. The zero-order valence-corrected chi connectivity index (χ0v) is 12.8. The second-order valence-electron chi connectivity index (χ2n) is 5.73. The van der Waals surface area contributed by atoms with Crippen molar-refractivity contribution in [3.63, 3.8) is 0 Å². The summed E-state index contributed by atoms with van der Waals surface area (Å²) in [7, 11) is 0. The van der Waals surface area contributed by atoms with E-state index in [9.17, 15) is 4.39 Å². The Kier molecular flexibility index (Phi) is 5.82. The third kappa shape index (κ3) is 4.86. The van der Waals surface area contributed by atoms with E-state index in [-0.39, 0.29) is 18.0 Å². The smallest absolute Gasteiger partial charge is 0.150 e. The molecule has 0 radical (unpaired) electrons. The first-order chi connectivity index (χ1) is 10.1. The molecular weight excluding hydrogens is 271 g/mol. The zero-order valence-electron chi connectivity index (χ0n) is 12.8. The predicted octanol–water partition coefficient (Wildman–Crippen LogP) is 2.56. The summed E-state index contributed by atoms with van der Waals surface area (Å²) in [5.74, 6) is 0.274. The van der Waals surface area contributed by atoms with Crippen LogP contribution in [-0.2, 0) is 4.74 Å². The minimum absolute atomic E-state index is 0.127. The van der Waals surface area contributed by atoms with Crippen molar-refractivity contribution < 1.29 is 13.9 Å². The van der Waals surface area contributed by atoms with E-state index >= 15 is 0 Å². The Morgan fingerprint density at radius 3 is 2.86 bits per heavy atom. The molecule has 1 aliphatic heterocycles. The van der Waals surface area contributed by atoms with Crippen molar-refractivity contribution in [1.29, 1.82) is 0 Å². The summed E-state index contributed by atoms with van der Waals surface area (Å²) < 4.78 is 25.1. The van der Waals surface area contributed by atoms with Gasteiger partial charge in [-0.2, -0.15) is 0 Å². The molecule has 4 nitrogen and oxygen atoms in total. The van der Waals surface area contributed by atoms with Crippen LogP contribution in [0.4, 0.5) is 10.1 Å². The maximum atomic E-state index is 14.2. The number of halogens is 1. The Morgan fingerprint density at radius 2 is 2.19 bits per heavy atom. The molecule has 0 aromatic heterocycles. The van der Waals surface area contributed by atoms with E-state index in [2.05, 4.69) is 0 Å². The van der Waals surface area contributed by atoms with E-state index in [1.807, 2.05) is 18.7 Å². The average molecular weight is 296 g/mol. The molecule has 1 saturated heterocycles. The Balaban J connectivity index is 1.91. The largest absolute Gasteiger partial charge is 0.491 e. The third-order valence-corrected chi connectivity index (χ3v) is 3.52. The van der Waals surface area contributed by atoms with Crippen molar-refractivity contribution in [3.05, 3.63) is 24.0 Å². The summed E-state index contributed by atoms with van der Waals surface area (Å²) in [6.45, 7) is 6.43.